The third kappa shape index (κ3) is 3.01. The van der Waals surface area contributed by atoms with E-state index in [4.69, 9.17) is 15.2 Å². The zero-order valence-corrected chi connectivity index (χ0v) is 5.82. The molecule has 11 heavy (non-hydrogen) atoms. The van der Waals surface area contributed by atoms with Gasteiger partial charge in [0.15, 0.2) is 0 Å². The van der Waals surface area contributed by atoms with Crippen molar-refractivity contribution in [3.63, 3.8) is 0 Å². The van der Waals surface area contributed by atoms with E-state index in [1.165, 1.54) is 12.1 Å². The molecule has 0 aliphatic rings. The summed E-state index contributed by atoms with van der Waals surface area (Å²) in [6.07, 6.45) is 0. The van der Waals surface area contributed by atoms with Crippen LogP contribution in [-0.4, -0.2) is 11.9 Å². The lowest BCUT2D eigenvalue weighted by Gasteiger charge is -1.87. The van der Waals surface area contributed by atoms with Crippen LogP contribution in [0.5, 0.6) is 5.75 Å². The van der Waals surface area contributed by atoms with Crippen LogP contribution in [0, 0.1) is 11.3 Å². The topological polar surface area (TPSA) is 61.1 Å². The molecule has 0 atom stereocenters. The van der Waals surface area contributed by atoms with Crippen LogP contribution >= 0.6 is 0 Å². The Balaban J connectivity index is 0.000000461. The summed E-state index contributed by atoms with van der Waals surface area (Å²) in [4.78, 5) is 8.00. The molecule has 0 fully saturated rings. The SMILES string of the molecule is C=O.N#Cc1ccc(O)cc1. The maximum atomic E-state index is 8.74. The van der Waals surface area contributed by atoms with Crippen LogP contribution in [-0.2, 0) is 4.79 Å². The van der Waals surface area contributed by atoms with Gasteiger partial charge in [0.1, 0.15) is 12.5 Å². The molecule has 1 rings (SSSR count). The second-order valence-electron chi connectivity index (χ2n) is 1.66. The van der Waals surface area contributed by atoms with Gasteiger partial charge < -0.3 is 9.90 Å². The van der Waals surface area contributed by atoms with E-state index in [1.54, 1.807) is 12.1 Å². The Morgan fingerprint density at radius 2 is 1.73 bits per heavy atom. The predicted molar refractivity (Wildman–Crippen MR) is 39.9 cm³/mol. The number of nitrogens with zero attached hydrogens (tertiary/aromatic N) is 1. The van der Waals surface area contributed by atoms with Crippen molar-refractivity contribution in [3.8, 4) is 11.8 Å². The lowest BCUT2D eigenvalue weighted by molar-refractivity contribution is -0.0979. The highest BCUT2D eigenvalue weighted by molar-refractivity contribution is 5.33. The number of phenols is 1. The van der Waals surface area contributed by atoms with Gasteiger partial charge in [-0.3, -0.25) is 0 Å². The van der Waals surface area contributed by atoms with Gasteiger partial charge in [0, 0.05) is 0 Å². The molecule has 0 radical (unpaired) electrons. The molecule has 1 aromatic rings. The van der Waals surface area contributed by atoms with E-state index in [1.807, 2.05) is 12.9 Å². The smallest absolute Gasteiger partial charge is 0.115 e. The first-order chi connectivity index (χ1) is 5.33. The summed E-state index contributed by atoms with van der Waals surface area (Å²) >= 11 is 0. The standard InChI is InChI=1S/C7H5NO.CH2O/c8-5-6-1-3-7(9)4-2-6;1-2/h1-4,9H;1H2. The number of aromatic hydroxyl groups is 1. The molecular formula is C8H7NO2. The minimum atomic E-state index is 0.189. The molecule has 3 heteroatoms. The molecule has 0 amide bonds. The van der Waals surface area contributed by atoms with E-state index < -0.39 is 0 Å². The van der Waals surface area contributed by atoms with Crippen molar-refractivity contribution in [1.82, 2.24) is 0 Å². The Kier molecular flexibility index (Phi) is 4.18. The van der Waals surface area contributed by atoms with Crippen molar-refractivity contribution in [1.29, 1.82) is 5.26 Å². The van der Waals surface area contributed by atoms with Crippen molar-refractivity contribution >= 4 is 6.79 Å². The number of carbonyl (C=O) groups is 1. The molecule has 0 aliphatic carbocycles. The molecule has 0 spiro atoms. The van der Waals surface area contributed by atoms with Gasteiger partial charge in [-0.15, -0.1) is 0 Å². The average Bonchev–Trinajstić information content (AvgIpc) is 2.10. The minimum Gasteiger partial charge on any atom is -0.508 e. The number of benzene rings is 1. The molecule has 0 saturated heterocycles. The molecule has 0 aromatic heterocycles. The van der Waals surface area contributed by atoms with Crippen molar-refractivity contribution in [3.05, 3.63) is 29.8 Å². The Morgan fingerprint density at radius 3 is 2.09 bits per heavy atom. The Morgan fingerprint density at radius 1 is 1.27 bits per heavy atom. The van der Waals surface area contributed by atoms with Crippen molar-refractivity contribution in [2.45, 2.75) is 0 Å². The predicted octanol–water partition coefficient (Wildman–Crippen LogP) is 1.08. The highest BCUT2D eigenvalue weighted by Crippen LogP contribution is 2.07. The third-order valence-corrected chi connectivity index (χ3v) is 0.996. The highest BCUT2D eigenvalue weighted by Gasteiger charge is 1.86. The number of nitriles is 1. The van der Waals surface area contributed by atoms with Crippen LogP contribution in [0.1, 0.15) is 5.56 Å². The van der Waals surface area contributed by atoms with Crippen LogP contribution in [0.4, 0.5) is 0 Å². The lowest BCUT2D eigenvalue weighted by atomic mass is 10.2. The first-order valence-corrected chi connectivity index (χ1v) is 2.81. The monoisotopic (exact) mass is 149 g/mol. The fraction of sp³-hybridized carbons (Fsp3) is 0. The quantitative estimate of drug-likeness (QED) is 0.600. The number of rotatable bonds is 0. The number of hydrogen-bond acceptors (Lipinski definition) is 3. The summed E-state index contributed by atoms with van der Waals surface area (Å²) in [6, 6.07) is 8.04. The summed E-state index contributed by atoms with van der Waals surface area (Å²) in [5.41, 5.74) is 0.563. The number of carbonyl (C=O) groups excluding carboxylic acids is 1. The molecule has 0 unspecified atom stereocenters. The Hall–Kier alpha value is -1.82. The van der Waals surface area contributed by atoms with E-state index >= 15 is 0 Å². The van der Waals surface area contributed by atoms with E-state index in [0.717, 1.165) is 0 Å². The van der Waals surface area contributed by atoms with E-state index in [9.17, 15) is 0 Å². The van der Waals surface area contributed by atoms with Crippen LogP contribution in [0.2, 0.25) is 0 Å². The fourth-order valence-electron chi connectivity index (χ4n) is 0.536. The molecule has 3 nitrogen and oxygen atoms in total. The van der Waals surface area contributed by atoms with E-state index in [0.29, 0.717) is 5.56 Å². The van der Waals surface area contributed by atoms with Gasteiger partial charge in [-0.05, 0) is 24.3 Å². The summed E-state index contributed by atoms with van der Waals surface area (Å²) < 4.78 is 0. The van der Waals surface area contributed by atoms with Crippen molar-refractivity contribution in [2.24, 2.45) is 0 Å². The van der Waals surface area contributed by atoms with Crippen LogP contribution in [0.3, 0.4) is 0 Å². The fourth-order valence-corrected chi connectivity index (χ4v) is 0.536. The third-order valence-electron chi connectivity index (χ3n) is 0.996. The van der Waals surface area contributed by atoms with Crippen LogP contribution in [0.25, 0.3) is 0 Å². The second-order valence-corrected chi connectivity index (χ2v) is 1.66. The number of phenolic OH excluding ortho intramolecular Hbond substituents is 1. The van der Waals surface area contributed by atoms with Crippen molar-refractivity contribution in [2.75, 3.05) is 0 Å². The molecular weight excluding hydrogens is 142 g/mol. The summed E-state index contributed by atoms with van der Waals surface area (Å²) in [7, 11) is 0. The van der Waals surface area contributed by atoms with Gasteiger partial charge >= 0.3 is 0 Å². The Bertz CT molecular complexity index is 248. The van der Waals surface area contributed by atoms with Crippen molar-refractivity contribution < 1.29 is 9.90 Å². The average molecular weight is 149 g/mol. The zero-order valence-electron chi connectivity index (χ0n) is 5.82. The van der Waals surface area contributed by atoms with Crippen LogP contribution < -0.4 is 0 Å². The highest BCUT2D eigenvalue weighted by atomic mass is 16.3. The molecule has 56 valence electrons. The molecule has 1 N–H and O–H groups in total. The van der Waals surface area contributed by atoms with Gasteiger partial charge in [0.2, 0.25) is 0 Å². The maximum Gasteiger partial charge on any atom is 0.115 e. The lowest BCUT2D eigenvalue weighted by Crippen LogP contribution is -1.69. The number of hydrogen-bond donors (Lipinski definition) is 1. The molecule has 0 heterocycles. The van der Waals surface area contributed by atoms with Gasteiger partial charge in [0.25, 0.3) is 0 Å². The first-order valence-electron chi connectivity index (χ1n) is 2.81. The molecule has 0 saturated carbocycles. The second kappa shape index (κ2) is 5.00. The van der Waals surface area contributed by atoms with Gasteiger partial charge in [-0.25, -0.2) is 0 Å². The van der Waals surface area contributed by atoms with Gasteiger partial charge in [-0.2, -0.15) is 5.26 Å². The molecule has 1 aromatic carbocycles. The normalized spacial score (nSPS) is 7.18. The van der Waals surface area contributed by atoms with Gasteiger partial charge in [0.05, 0.1) is 11.6 Å². The summed E-state index contributed by atoms with van der Waals surface area (Å²) in [6.45, 7) is 2.00. The van der Waals surface area contributed by atoms with Crippen LogP contribution in [0.15, 0.2) is 24.3 Å². The summed E-state index contributed by atoms with van der Waals surface area (Å²) in [5, 5.41) is 17.0. The molecule has 0 aliphatic heterocycles. The van der Waals surface area contributed by atoms with Gasteiger partial charge in [-0.1, -0.05) is 0 Å². The Labute approximate surface area is 64.5 Å². The first kappa shape index (κ1) is 9.18. The largest absolute Gasteiger partial charge is 0.508 e. The van der Waals surface area contributed by atoms with E-state index in [-0.39, 0.29) is 5.75 Å². The zero-order chi connectivity index (χ0) is 8.69. The maximum absolute atomic E-state index is 8.74. The molecule has 0 bridgehead atoms. The summed E-state index contributed by atoms with van der Waals surface area (Å²) in [5.74, 6) is 0.189. The van der Waals surface area contributed by atoms with E-state index in [2.05, 4.69) is 0 Å². The minimum absolute atomic E-state index is 0.189.